The fourth-order valence-electron chi connectivity index (χ4n) is 1.78. The third kappa shape index (κ3) is 2.89. The van der Waals surface area contributed by atoms with E-state index < -0.39 is 0 Å². The van der Waals surface area contributed by atoms with Crippen LogP contribution >= 0.6 is 15.9 Å². The van der Waals surface area contributed by atoms with E-state index in [1.54, 1.807) is 6.07 Å². The molecule has 0 amide bonds. The summed E-state index contributed by atoms with van der Waals surface area (Å²) in [4.78, 5) is 11.7. The Kier molecular flexibility index (Phi) is 3.71. The van der Waals surface area contributed by atoms with E-state index in [4.69, 9.17) is 0 Å². The third-order valence-electron chi connectivity index (χ3n) is 2.78. The van der Waals surface area contributed by atoms with Crippen LogP contribution in [-0.4, -0.2) is 18.9 Å². The normalized spacial score (nSPS) is 15.9. The summed E-state index contributed by atoms with van der Waals surface area (Å²) in [5.41, 5.74) is 0.734. The fourth-order valence-corrected chi connectivity index (χ4v) is 2.16. The molecular formula is C12H13BrFNO. The van der Waals surface area contributed by atoms with Crippen LogP contribution in [0.2, 0.25) is 0 Å². The van der Waals surface area contributed by atoms with E-state index in [0.717, 1.165) is 23.1 Å². The van der Waals surface area contributed by atoms with Crippen molar-refractivity contribution in [3.05, 3.63) is 34.1 Å². The summed E-state index contributed by atoms with van der Waals surface area (Å²) >= 11 is 3.32. The van der Waals surface area contributed by atoms with E-state index >= 15 is 0 Å². The molecule has 1 heterocycles. The van der Waals surface area contributed by atoms with Gasteiger partial charge in [-0.3, -0.25) is 4.79 Å². The summed E-state index contributed by atoms with van der Waals surface area (Å²) < 4.78 is 13.8. The van der Waals surface area contributed by atoms with Gasteiger partial charge < -0.3 is 5.32 Å². The largest absolute Gasteiger partial charge is 0.316 e. The van der Waals surface area contributed by atoms with Crippen molar-refractivity contribution in [1.29, 1.82) is 0 Å². The second-order valence-corrected chi connectivity index (χ2v) is 5.03. The molecule has 1 aromatic carbocycles. The lowest BCUT2D eigenvalue weighted by atomic mass is 9.94. The lowest BCUT2D eigenvalue weighted by Gasteiger charge is -2.26. The minimum atomic E-state index is -0.295. The molecule has 1 N–H and O–H groups in total. The number of carbonyl (C=O) groups excluding carboxylic acids is 1. The monoisotopic (exact) mass is 285 g/mol. The van der Waals surface area contributed by atoms with Crippen LogP contribution in [0, 0.1) is 11.7 Å². The van der Waals surface area contributed by atoms with Gasteiger partial charge in [0.15, 0.2) is 0 Å². The highest BCUT2D eigenvalue weighted by atomic mass is 79.9. The molecule has 1 saturated heterocycles. The minimum absolute atomic E-state index is 0.179. The number of carbonyl (C=O) groups is 1. The van der Waals surface area contributed by atoms with Gasteiger partial charge in [-0.2, -0.15) is 0 Å². The van der Waals surface area contributed by atoms with Crippen molar-refractivity contribution in [2.75, 3.05) is 13.1 Å². The standard InChI is InChI=1S/C12H13BrFNO/c13-12-2-1-10(14)4-9(12)5-11(16)3-8-6-15-7-8/h1-2,4,8,15H,3,5-7H2. The molecule has 1 aliphatic heterocycles. The van der Waals surface area contributed by atoms with Gasteiger partial charge in [0, 0.05) is 17.3 Å². The average Bonchev–Trinajstić information content (AvgIpc) is 2.18. The van der Waals surface area contributed by atoms with Crippen molar-refractivity contribution in [1.82, 2.24) is 5.32 Å². The van der Waals surface area contributed by atoms with Gasteiger partial charge in [-0.05, 0) is 42.8 Å². The molecule has 0 bridgehead atoms. The number of benzene rings is 1. The van der Waals surface area contributed by atoms with Gasteiger partial charge in [0.2, 0.25) is 0 Å². The van der Waals surface area contributed by atoms with Crippen molar-refractivity contribution < 1.29 is 9.18 Å². The molecule has 86 valence electrons. The SMILES string of the molecule is O=C(Cc1cc(F)ccc1Br)CC1CNC1. The summed E-state index contributed by atoms with van der Waals surface area (Å²) in [6, 6.07) is 4.44. The second kappa shape index (κ2) is 5.06. The van der Waals surface area contributed by atoms with Crippen LogP contribution in [0.15, 0.2) is 22.7 Å². The first-order valence-corrected chi connectivity index (χ1v) is 6.11. The fraction of sp³-hybridized carbons (Fsp3) is 0.417. The molecule has 0 aromatic heterocycles. The number of halogens is 2. The lowest BCUT2D eigenvalue weighted by molar-refractivity contribution is -0.119. The van der Waals surface area contributed by atoms with Gasteiger partial charge >= 0.3 is 0 Å². The summed E-state index contributed by atoms with van der Waals surface area (Å²) in [6.07, 6.45) is 0.908. The highest BCUT2D eigenvalue weighted by molar-refractivity contribution is 9.10. The van der Waals surface area contributed by atoms with Crippen molar-refractivity contribution in [3.8, 4) is 0 Å². The summed E-state index contributed by atoms with van der Waals surface area (Å²) in [5, 5.41) is 3.13. The number of ketones is 1. The third-order valence-corrected chi connectivity index (χ3v) is 3.55. The van der Waals surface area contributed by atoms with Crippen LogP contribution in [0.4, 0.5) is 4.39 Å². The van der Waals surface area contributed by atoms with Crippen LogP contribution in [0.1, 0.15) is 12.0 Å². The van der Waals surface area contributed by atoms with E-state index in [1.165, 1.54) is 12.1 Å². The summed E-state index contributed by atoms with van der Waals surface area (Å²) in [7, 11) is 0. The Hall–Kier alpha value is -0.740. The number of nitrogens with one attached hydrogen (secondary N) is 1. The Morgan fingerprint density at radius 1 is 1.50 bits per heavy atom. The highest BCUT2D eigenvalue weighted by Crippen LogP contribution is 2.20. The van der Waals surface area contributed by atoms with E-state index in [1.807, 2.05) is 0 Å². The molecule has 0 aliphatic carbocycles. The Labute approximate surface area is 102 Å². The average molecular weight is 286 g/mol. The Morgan fingerprint density at radius 3 is 2.88 bits per heavy atom. The lowest BCUT2D eigenvalue weighted by Crippen LogP contribution is -2.43. The van der Waals surface area contributed by atoms with Crippen LogP contribution < -0.4 is 5.32 Å². The van der Waals surface area contributed by atoms with E-state index in [9.17, 15) is 9.18 Å². The van der Waals surface area contributed by atoms with Gasteiger partial charge in [0.1, 0.15) is 11.6 Å². The molecule has 1 aromatic rings. The first-order chi connectivity index (χ1) is 7.65. The molecule has 0 unspecified atom stereocenters. The smallest absolute Gasteiger partial charge is 0.137 e. The molecule has 16 heavy (non-hydrogen) atoms. The van der Waals surface area contributed by atoms with Crippen molar-refractivity contribution in [2.45, 2.75) is 12.8 Å². The molecule has 0 saturated carbocycles. The highest BCUT2D eigenvalue weighted by Gasteiger charge is 2.20. The molecule has 2 rings (SSSR count). The molecule has 1 aliphatic rings. The van der Waals surface area contributed by atoms with Gasteiger partial charge in [0.25, 0.3) is 0 Å². The molecule has 0 spiro atoms. The maximum absolute atomic E-state index is 13.0. The zero-order valence-electron chi connectivity index (χ0n) is 8.80. The molecular weight excluding hydrogens is 273 g/mol. The zero-order chi connectivity index (χ0) is 11.5. The first-order valence-electron chi connectivity index (χ1n) is 5.31. The van der Waals surface area contributed by atoms with E-state index in [-0.39, 0.29) is 11.6 Å². The quantitative estimate of drug-likeness (QED) is 0.920. The molecule has 2 nitrogen and oxygen atoms in total. The molecule has 0 radical (unpaired) electrons. The number of rotatable bonds is 4. The van der Waals surface area contributed by atoms with E-state index in [0.29, 0.717) is 18.8 Å². The summed E-state index contributed by atoms with van der Waals surface area (Å²) in [6.45, 7) is 1.85. The molecule has 0 atom stereocenters. The predicted molar refractivity (Wildman–Crippen MR) is 63.8 cm³/mol. The van der Waals surface area contributed by atoms with E-state index in [2.05, 4.69) is 21.2 Å². The Morgan fingerprint density at radius 2 is 2.25 bits per heavy atom. The number of hydrogen-bond donors (Lipinski definition) is 1. The van der Waals surface area contributed by atoms with Crippen LogP contribution in [-0.2, 0) is 11.2 Å². The minimum Gasteiger partial charge on any atom is -0.316 e. The topological polar surface area (TPSA) is 29.1 Å². The van der Waals surface area contributed by atoms with Crippen molar-refractivity contribution >= 4 is 21.7 Å². The first kappa shape index (κ1) is 11.7. The predicted octanol–water partition coefficient (Wildman–Crippen LogP) is 2.31. The van der Waals surface area contributed by atoms with Gasteiger partial charge in [-0.25, -0.2) is 4.39 Å². The van der Waals surface area contributed by atoms with Crippen LogP contribution in [0.5, 0.6) is 0 Å². The molecule has 4 heteroatoms. The number of hydrogen-bond acceptors (Lipinski definition) is 2. The summed E-state index contributed by atoms with van der Waals surface area (Å²) in [5.74, 6) is 0.356. The number of Topliss-reactive ketones (excluding diaryl/α,β-unsaturated/α-hetero) is 1. The van der Waals surface area contributed by atoms with Crippen LogP contribution in [0.3, 0.4) is 0 Å². The maximum atomic E-state index is 13.0. The van der Waals surface area contributed by atoms with Gasteiger partial charge in [0.05, 0.1) is 0 Å². The van der Waals surface area contributed by atoms with Crippen molar-refractivity contribution in [2.24, 2.45) is 5.92 Å². The molecule has 1 fully saturated rings. The zero-order valence-corrected chi connectivity index (χ0v) is 10.4. The Bertz CT molecular complexity index is 404. The second-order valence-electron chi connectivity index (χ2n) is 4.18. The van der Waals surface area contributed by atoms with Crippen molar-refractivity contribution in [3.63, 3.8) is 0 Å². The van der Waals surface area contributed by atoms with Crippen LogP contribution in [0.25, 0.3) is 0 Å². The maximum Gasteiger partial charge on any atom is 0.137 e. The van der Waals surface area contributed by atoms with Gasteiger partial charge in [-0.15, -0.1) is 0 Å². The van der Waals surface area contributed by atoms with Gasteiger partial charge in [-0.1, -0.05) is 15.9 Å². The Balaban J connectivity index is 1.96.